The summed E-state index contributed by atoms with van der Waals surface area (Å²) in [5.41, 5.74) is 0.730. The number of rotatable bonds is 4. The van der Waals surface area contributed by atoms with E-state index in [1.54, 1.807) is 31.4 Å². The third-order valence-corrected chi connectivity index (χ3v) is 6.09. The number of likely N-dealkylation sites (tertiary alicyclic amines) is 1. The molecule has 1 N–H and O–H groups in total. The lowest BCUT2D eigenvalue weighted by Crippen LogP contribution is -2.45. The van der Waals surface area contributed by atoms with E-state index in [0.29, 0.717) is 30.1 Å². The summed E-state index contributed by atoms with van der Waals surface area (Å²) in [6.45, 7) is 10.6. The van der Waals surface area contributed by atoms with Crippen molar-refractivity contribution < 1.29 is 14.1 Å². The van der Waals surface area contributed by atoms with Crippen molar-refractivity contribution in [2.75, 3.05) is 13.1 Å². The molecule has 8 heteroatoms. The molecule has 1 saturated heterocycles. The van der Waals surface area contributed by atoms with Crippen molar-refractivity contribution >= 4 is 23.2 Å². The number of hydrogen-bond donors (Lipinski definition) is 1. The Bertz CT molecular complexity index is 811. The zero-order valence-corrected chi connectivity index (χ0v) is 17.9. The maximum absolute atomic E-state index is 12.9. The molecule has 152 valence electrons. The average Bonchev–Trinajstić information content (AvgIpc) is 3.28. The second-order valence-electron chi connectivity index (χ2n) is 8.40. The van der Waals surface area contributed by atoms with Gasteiger partial charge in [-0.2, -0.15) is 0 Å². The normalized spacial score (nSPS) is 16.8. The van der Waals surface area contributed by atoms with Crippen molar-refractivity contribution in [1.82, 2.24) is 20.4 Å². The van der Waals surface area contributed by atoms with Gasteiger partial charge in [-0.25, -0.2) is 4.98 Å². The molecule has 0 unspecified atom stereocenters. The highest BCUT2D eigenvalue weighted by atomic mass is 32.1. The lowest BCUT2D eigenvalue weighted by molar-refractivity contribution is -0.129. The number of amides is 2. The lowest BCUT2D eigenvalue weighted by atomic mass is 9.87. The molecule has 7 nitrogen and oxygen atoms in total. The van der Waals surface area contributed by atoms with Crippen LogP contribution < -0.4 is 5.32 Å². The molecule has 2 amide bonds. The molecule has 2 aromatic rings. The second kappa shape index (κ2) is 8.03. The number of piperidine rings is 1. The van der Waals surface area contributed by atoms with Crippen LogP contribution in [0.1, 0.15) is 66.5 Å². The van der Waals surface area contributed by atoms with E-state index in [9.17, 15) is 9.59 Å². The van der Waals surface area contributed by atoms with E-state index >= 15 is 0 Å². The van der Waals surface area contributed by atoms with Crippen molar-refractivity contribution in [3.63, 3.8) is 0 Å². The Kier molecular flexibility index (Phi) is 5.88. The summed E-state index contributed by atoms with van der Waals surface area (Å²) >= 11 is 1.56. The Morgan fingerprint density at radius 2 is 1.96 bits per heavy atom. The summed E-state index contributed by atoms with van der Waals surface area (Å²) in [5.74, 6) is 0.787. The number of nitrogens with zero attached hydrogens (tertiary/aromatic N) is 3. The molecule has 2 aromatic heterocycles. The number of nitrogens with one attached hydrogen (secondary N) is 1. The Labute approximate surface area is 169 Å². The monoisotopic (exact) mass is 404 g/mol. The molecule has 0 bridgehead atoms. The van der Waals surface area contributed by atoms with E-state index in [1.165, 1.54) is 0 Å². The van der Waals surface area contributed by atoms with Gasteiger partial charge in [0.2, 0.25) is 5.91 Å². The van der Waals surface area contributed by atoms with Crippen molar-refractivity contribution in [1.29, 1.82) is 0 Å². The van der Waals surface area contributed by atoms with Gasteiger partial charge >= 0.3 is 0 Å². The average molecular weight is 405 g/mol. The van der Waals surface area contributed by atoms with Crippen LogP contribution in [0.25, 0.3) is 0 Å². The third-order valence-electron chi connectivity index (χ3n) is 5.23. The van der Waals surface area contributed by atoms with Crippen LogP contribution in [0.4, 0.5) is 0 Å². The molecule has 0 aliphatic carbocycles. The molecular weight excluding hydrogens is 376 g/mol. The largest absolute Gasteiger partial charge is 0.361 e. The molecule has 28 heavy (non-hydrogen) atoms. The van der Waals surface area contributed by atoms with Gasteiger partial charge in [-0.3, -0.25) is 9.59 Å². The minimum absolute atomic E-state index is 0.0157. The summed E-state index contributed by atoms with van der Waals surface area (Å²) in [4.78, 5) is 31.8. The van der Waals surface area contributed by atoms with Gasteiger partial charge < -0.3 is 14.7 Å². The highest BCUT2D eigenvalue weighted by molar-refractivity contribution is 7.09. The number of carbonyl (C=O) groups is 2. The molecule has 0 aromatic carbocycles. The predicted molar refractivity (Wildman–Crippen MR) is 107 cm³/mol. The van der Waals surface area contributed by atoms with Crippen LogP contribution in [-0.2, 0) is 4.79 Å². The van der Waals surface area contributed by atoms with Crippen LogP contribution in [-0.4, -0.2) is 39.9 Å². The maximum atomic E-state index is 12.9. The zero-order valence-electron chi connectivity index (χ0n) is 17.1. The minimum Gasteiger partial charge on any atom is -0.361 e. The van der Waals surface area contributed by atoms with Gasteiger partial charge in [0.15, 0.2) is 0 Å². The van der Waals surface area contributed by atoms with Crippen LogP contribution in [0.5, 0.6) is 0 Å². The number of thiazole rings is 1. The fourth-order valence-electron chi connectivity index (χ4n) is 3.51. The summed E-state index contributed by atoms with van der Waals surface area (Å²) in [6.07, 6.45) is 3.39. The fraction of sp³-hybridized carbons (Fsp3) is 0.600. The highest BCUT2D eigenvalue weighted by Gasteiger charge is 2.35. The summed E-state index contributed by atoms with van der Waals surface area (Å²) in [7, 11) is 0. The smallest absolute Gasteiger partial charge is 0.259 e. The van der Waals surface area contributed by atoms with Crippen molar-refractivity contribution in [2.24, 2.45) is 11.3 Å². The fourth-order valence-corrected chi connectivity index (χ4v) is 4.29. The van der Waals surface area contributed by atoms with Gasteiger partial charge in [-0.15, -0.1) is 11.3 Å². The first-order valence-electron chi connectivity index (χ1n) is 9.61. The van der Waals surface area contributed by atoms with Crippen LogP contribution in [0.2, 0.25) is 0 Å². The second-order valence-corrected chi connectivity index (χ2v) is 9.33. The topological polar surface area (TPSA) is 88.3 Å². The Morgan fingerprint density at radius 1 is 1.29 bits per heavy atom. The Morgan fingerprint density at radius 3 is 2.46 bits per heavy atom. The van der Waals surface area contributed by atoms with E-state index in [0.717, 1.165) is 17.8 Å². The van der Waals surface area contributed by atoms with Crippen LogP contribution in [0.3, 0.4) is 0 Å². The van der Waals surface area contributed by atoms with E-state index in [2.05, 4.69) is 15.5 Å². The predicted octanol–water partition coefficient (Wildman–Crippen LogP) is 3.50. The first-order chi connectivity index (χ1) is 13.2. The van der Waals surface area contributed by atoms with Gasteiger partial charge in [0.1, 0.15) is 16.3 Å². The summed E-state index contributed by atoms with van der Waals surface area (Å²) < 4.78 is 5.14. The zero-order chi connectivity index (χ0) is 20.5. The molecular formula is C20H28N4O3S. The number of aryl methyl sites for hydroxylation is 2. The SMILES string of the molecule is Cc1noc(C)c1C(=O)N1CCC([C@H](NC(=O)C(C)(C)C)c2nccs2)CC1. The first-order valence-corrected chi connectivity index (χ1v) is 10.5. The number of carbonyl (C=O) groups excluding carboxylic acids is 2. The third kappa shape index (κ3) is 4.27. The molecule has 1 atom stereocenters. The molecule has 3 rings (SSSR count). The van der Waals surface area contributed by atoms with E-state index in [1.807, 2.05) is 31.1 Å². The van der Waals surface area contributed by atoms with Gasteiger partial charge in [-0.1, -0.05) is 25.9 Å². The van der Waals surface area contributed by atoms with Crippen LogP contribution in [0, 0.1) is 25.2 Å². The van der Waals surface area contributed by atoms with Gasteiger partial charge in [-0.05, 0) is 32.6 Å². The van der Waals surface area contributed by atoms with E-state index in [4.69, 9.17) is 4.52 Å². The van der Waals surface area contributed by atoms with Crippen molar-refractivity contribution in [3.05, 3.63) is 33.6 Å². The van der Waals surface area contributed by atoms with Crippen molar-refractivity contribution in [2.45, 2.75) is 53.5 Å². The van der Waals surface area contributed by atoms with E-state index < -0.39 is 5.41 Å². The molecule has 0 radical (unpaired) electrons. The van der Waals surface area contributed by atoms with Gasteiger partial charge in [0.05, 0.1) is 11.7 Å². The molecule has 1 fully saturated rings. The number of hydrogen-bond acceptors (Lipinski definition) is 6. The lowest BCUT2D eigenvalue weighted by Gasteiger charge is -2.36. The Balaban J connectivity index is 1.70. The van der Waals surface area contributed by atoms with Gasteiger partial charge in [0.25, 0.3) is 5.91 Å². The highest BCUT2D eigenvalue weighted by Crippen LogP contribution is 2.33. The van der Waals surface area contributed by atoms with Gasteiger partial charge in [0, 0.05) is 30.1 Å². The standard InChI is InChI=1S/C20H28N4O3S/c1-12-15(13(2)27-23-12)18(25)24-9-6-14(7-10-24)16(17-21-8-11-28-17)22-19(26)20(3,4)5/h8,11,14,16H,6-7,9-10H2,1-5H3,(H,22,26)/t16-/m0/s1. The summed E-state index contributed by atoms with van der Waals surface area (Å²) in [5, 5.41) is 9.94. The van der Waals surface area contributed by atoms with E-state index in [-0.39, 0.29) is 23.8 Å². The first kappa shape index (κ1) is 20.5. The minimum atomic E-state index is -0.463. The maximum Gasteiger partial charge on any atom is 0.259 e. The molecule has 1 aliphatic heterocycles. The van der Waals surface area contributed by atoms with Crippen molar-refractivity contribution in [3.8, 4) is 0 Å². The molecule has 1 aliphatic rings. The molecule has 0 saturated carbocycles. The molecule has 0 spiro atoms. The molecule has 3 heterocycles. The van der Waals surface area contributed by atoms with Crippen LogP contribution >= 0.6 is 11.3 Å². The quantitative estimate of drug-likeness (QED) is 0.842. The Hall–Kier alpha value is -2.22. The van der Waals surface area contributed by atoms with Crippen LogP contribution in [0.15, 0.2) is 16.1 Å². The summed E-state index contributed by atoms with van der Waals surface area (Å²) in [6, 6.07) is -0.122. The number of aromatic nitrogens is 2.